The normalized spacial score (nSPS) is 47.6. The van der Waals surface area contributed by atoms with Crippen LogP contribution in [0.15, 0.2) is 0 Å². The summed E-state index contributed by atoms with van der Waals surface area (Å²) >= 11 is 3.39. The standard InChI is InChI=1S/C10H16BrNO3S/c1-9-4-3-6(7(11)8(9)13)10(9,2)5-16(12,14)15/h6-7H,3-5H2,1-2H3,(H2,12,14,15)/t6-,7+,9+,10+/m0/s1. The van der Waals surface area contributed by atoms with Gasteiger partial charge in [-0.25, -0.2) is 13.6 Å². The molecule has 2 bridgehead atoms. The van der Waals surface area contributed by atoms with Crippen LogP contribution in [0.3, 0.4) is 0 Å². The van der Waals surface area contributed by atoms with Crippen molar-refractivity contribution in [1.29, 1.82) is 0 Å². The van der Waals surface area contributed by atoms with Crippen molar-refractivity contribution in [2.24, 2.45) is 21.9 Å². The summed E-state index contributed by atoms with van der Waals surface area (Å²) in [6.07, 6.45) is 1.66. The van der Waals surface area contributed by atoms with Gasteiger partial charge in [0.2, 0.25) is 10.0 Å². The maximum Gasteiger partial charge on any atom is 0.209 e. The molecule has 2 N–H and O–H groups in total. The van der Waals surface area contributed by atoms with Crippen molar-refractivity contribution < 1.29 is 13.2 Å². The summed E-state index contributed by atoms with van der Waals surface area (Å²) in [4.78, 5) is 11.9. The van der Waals surface area contributed by atoms with Crippen LogP contribution in [-0.2, 0) is 14.8 Å². The average Bonchev–Trinajstić information content (AvgIpc) is 2.40. The highest BCUT2D eigenvalue weighted by Crippen LogP contribution is 2.65. The van der Waals surface area contributed by atoms with Crippen molar-refractivity contribution in [1.82, 2.24) is 0 Å². The fourth-order valence-electron chi connectivity index (χ4n) is 3.50. The van der Waals surface area contributed by atoms with Crippen LogP contribution in [0.25, 0.3) is 0 Å². The number of Topliss-reactive ketones (excluding diaryl/α,β-unsaturated/α-hetero) is 1. The number of carbonyl (C=O) groups excluding carboxylic acids is 1. The van der Waals surface area contributed by atoms with Crippen LogP contribution in [0.1, 0.15) is 26.7 Å². The maximum absolute atomic E-state index is 12.1. The molecule has 0 aliphatic heterocycles. The predicted octanol–water partition coefficient (Wildman–Crippen LogP) is 1.04. The van der Waals surface area contributed by atoms with E-state index in [9.17, 15) is 13.2 Å². The van der Waals surface area contributed by atoms with Crippen molar-refractivity contribution in [3.05, 3.63) is 0 Å². The Morgan fingerprint density at radius 2 is 2.06 bits per heavy atom. The number of primary sulfonamides is 1. The molecule has 0 radical (unpaired) electrons. The number of ketones is 1. The van der Waals surface area contributed by atoms with E-state index in [1.807, 2.05) is 13.8 Å². The van der Waals surface area contributed by atoms with E-state index in [0.717, 1.165) is 12.8 Å². The number of rotatable bonds is 2. The summed E-state index contributed by atoms with van der Waals surface area (Å²) in [5, 5.41) is 5.15. The largest absolute Gasteiger partial charge is 0.298 e. The Labute approximate surface area is 104 Å². The average molecular weight is 310 g/mol. The summed E-state index contributed by atoms with van der Waals surface area (Å²) in [5.41, 5.74) is -1.07. The minimum atomic E-state index is -3.55. The summed E-state index contributed by atoms with van der Waals surface area (Å²) < 4.78 is 22.6. The lowest BCUT2D eigenvalue weighted by molar-refractivity contribution is -0.127. The molecule has 0 unspecified atom stereocenters. The van der Waals surface area contributed by atoms with E-state index in [4.69, 9.17) is 5.14 Å². The highest BCUT2D eigenvalue weighted by atomic mass is 79.9. The Morgan fingerprint density at radius 1 is 1.50 bits per heavy atom. The molecule has 2 aliphatic carbocycles. The minimum Gasteiger partial charge on any atom is -0.298 e. The molecule has 2 aliphatic rings. The van der Waals surface area contributed by atoms with E-state index in [1.54, 1.807) is 0 Å². The lowest BCUT2D eigenvalue weighted by atomic mass is 9.70. The van der Waals surface area contributed by atoms with Gasteiger partial charge in [0, 0.05) is 5.41 Å². The Bertz CT molecular complexity index is 449. The van der Waals surface area contributed by atoms with Gasteiger partial charge in [0.1, 0.15) is 0 Å². The van der Waals surface area contributed by atoms with Gasteiger partial charge in [-0.1, -0.05) is 29.8 Å². The molecule has 92 valence electrons. The Balaban J connectivity index is 2.47. The molecule has 16 heavy (non-hydrogen) atoms. The molecule has 2 rings (SSSR count). The zero-order valence-corrected chi connectivity index (χ0v) is 11.8. The second-order valence-electron chi connectivity index (χ2n) is 5.47. The van der Waals surface area contributed by atoms with Gasteiger partial charge >= 0.3 is 0 Å². The van der Waals surface area contributed by atoms with Crippen molar-refractivity contribution in [3.63, 3.8) is 0 Å². The molecular formula is C10H16BrNO3S. The molecule has 2 saturated carbocycles. The highest BCUT2D eigenvalue weighted by molar-refractivity contribution is 9.10. The Kier molecular flexibility index (Phi) is 2.58. The van der Waals surface area contributed by atoms with E-state index in [2.05, 4.69) is 15.9 Å². The topological polar surface area (TPSA) is 77.2 Å². The van der Waals surface area contributed by atoms with E-state index in [1.165, 1.54) is 0 Å². The van der Waals surface area contributed by atoms with Crippen molar-refractivity contribution in [2.45, 2.75) is 31.5 Å². The number of carbonyl (C=O) groups is 1. The maximum atomic E-state index is 12.1. The zero-order valence-electron chi connectivity index (χ0n) is 9.36. The van der Waals surface area contributed by atoms with E-state index in [-0.39, 0.29) is 22.3 Å². The van der Waals surface area contributed by atoms with E-state index >= 15 is 0 Å². The van der Waals surface area contributed by atoms with Crippen LogP contribution in [0, 0.1) is 16.7 Å². The first-order valence-electron chi connectivity index (χ1n) is 5.31. The summed E-state index contributed by atoms with van der Waals surface area (Å²) in [6, 6.07) is 0. The first-order chi connectivity index (χ1) is 7.12. The highest BCUT2D eigenvalue weighted by Gasteiger charge is 2.68. The summed E-state index contributed by atoms with van der Waals surface area (Å²) in [6.45, 7) is 3.76. The van der Waals surface area contributed by atoms with Gasteiger partial charge in [-0.3, -0.25) is 4.79 Å². The fraction of sp³-hybridized carbons (Fsp3) is 0.900. The van der Waals surface area contributed by atoms with E-state index < -0.39 is 20.9 Å². The quantitative estimate of drug-likeness (QED) is 0.774. The van der Waals surface area contributed by atoms with Crippen molar-refractivity contribution in [3.8, 4) is 0 Å². The van der Waals surface area contributed by atoms with Crippen LogP contribution >= 0.6 is 15.9 Å². The first kappa shape index (κ1) is 12.5. The zero-order chi connectivity index (χ0) is 12.4. The fourth-order valence-corrected chi connectivity index (χ4v) is 6.22. The Morgan fingerprint density at radius 3 is 2.44 bits per heavy atom. The molecule has 0 aromatic rings. The van der Waals surface area contributed by atoms with Crippen molar-refractivity contribution >= 4 is 31.7 Å². The van der Waals surface area contributed by atoms with Gasteiger partial charge in [0.25, 0.3) is 0 Å². The lowest BCUT2D eigenvalue weighted by Gasteiger charge is -2.35. The smallest absolute Gasteiger partial charge is 0.209 e. The van der Waals surface area contributed by atoms with Crippen molar-refractivity contribution in [2.75, 3.05) is 5.75 Å². The van der Waals surface area contributed by atoms with Crippen LogP contribution in [0.5, 0.6) is 0 Å². The molecular weight excluding hydrogens is 294 g/mol. The SMILES string of the molecule is C[C@@]12CC[C@@H]([C@@H](Br)C1=O)[C@@]2(C)CS(N)(=O)=O. The number of sulfonamides is 1. The summed E-state index contributed by atoms with van der Waals surface area (Å²) in [5.74, 6) is 0.118. The van der Waals surface area contributed by atoms with Gasteiger partial charge in [0.05, 0.1) is 10.6 Å². The third-order valence-corrected chi connectivity index (χ3v) is 6.74. The Hall–Kier alpha value is 0.0600. The number of nitrogens with two attached hydrogens (primary N) is 1. The van der Waals surface area contributed by atoms with Gasteiger partial charge in [-0.15, -0.1) is 0 Å². The molecule has 0 spiro atoms. The third-order valence-electron chi connectivity index (χ3n) is 4.68. The predicted molar refractivity (Wildman–Crippen MR) is 64.6 cm³/mol. The molecule has 0 amide bonds. The molecule has 0 aromatic carbocycles. The molecule has 4 nitrogen and oxygen atoms in total. The van der Waals surface area contributed by atoms with E-state index in [0.29, 0.717) is 0 Å². The monoisotopic (exact) mass is 309 g/mol. The van der Waals surface area contributed by atoms with Crippen LogP contribution in [-0.4, -0.2) is 24.8 Å². The van der Waals surface area contributed by atoms with Gasteiger partial charge in [0.15, 0.2) is 5.78 Å². The molecule has 0 saturated heterocycles. The lowest BCUT2D eigenvalue weighted by Crippen LogP contribution is -2.42. The van der Waals surface area contributed by atoms with Crippen LogP contribution < -0.4 is 5.14 Å². The minimum absolute atomic E-state index is 0.0864. The second kappa shape index (κ2) is 3.29. The number of hydrogen-bond donors (Lipinski definition) is 1. The molecule has 4 atom stereocenters. The van der Waals surface area contributed by atoms with Gasteiger partial charge in [-0.05, 0) is 24.2 Å². The number of alkyl halides is 1. The number of fused-ring (bicyclic) bond motifs is 2. The number of hydrogen-bond acceptors (Lipinski definition) is 3. The third kappa shape index (κ3) is 1.42. The molecule has 2 fully saturated rings. The molecule has 0 heterocycles. The van der Waals surface area contributed by atoms with Gasteiger partial charge < -0.3 is 0 Å². The number of halogens is 1. The first-order valence-corrected chi connectivity index (χ1v) is 7.94. The van der Waals surface area contributed by atoms with Gasteiger partial charge in [-0.2, -0.15) is 0 Å². The molecule has 0 aromatic heterocycles. The van der Waals surface area contributed by atoms with Crippen LogP contribution in [0.4, 0.5) is 0 Å². The van der Waals surface area contributed by atoms with Crippen LogP contribution in [0.2, 0.25) is 0 Å². The second-order valence-corrected chi connectivity index (χ2v) is 8.07. The summed E-state index contributed by atoms with van der Waals surface area (Å²) in [7, 11) is -3.55. The molecule has 6 heteroatoms.